The number of aromatic nitrogens is 2. The lowest BCUT2D eigenvalue weighted by atomic mass is 10.2. The van der Waals surface area contributed by atoms with E-state index in [0.717, 1.165) is 0 Å². The fourth-order valence-electron chi connectivity index (χ4n) is 2.60. The zero-order valence-electron chi connectivity index (χ0n) is 14.4. The van der Waals surface area contributed by atoms with E-state index in [1.807, 2.05) is 51.0 Å². The number of rotatable bonds is 5. The molecule has 7 heteroatoms. The van der Waals surface area contributed by atoms with Gasteiger partial charge in [-0.2, -0.15) is 0 Å². The maximum Gasteiger partial charge on any atom is 0.271 e. The number of thiophene rings is 1. The Hall–Kier alpha value is -1.34. The molecule has 0 aliphatic carbocycles. The van der Waals surface area contributed by atoms with Crippen molar-refractivity contribution in [3.8, 4) is 0 Å². The standard InChI is InChI=1S/C16H23N3O2S2/c1-9(2)19(10(3)4)14(20)11(5)23-16-17-12-7-8-22-13(12)15(21)18(16)6/h7-11H,1-6H3/t11-/m1/s1. The number of carbonyl (C=O) groups excluding carboxylic acids is 1. The van der Waals surface area contributed by atoms with E-state index in [1.165, 1.54) is 27.7 Å². The lowest BCUT2D eigenvalue weighted by Gasteiger charge is -2.32. The Morgan fingerprint density at radius 1 is 1.26 bits per heavy atom. The number of nitrogens with zero attached hydrogens (tertiary/aromatic N) is 3. The first-order valence-electron chi connectivity index (χ1n) is 7.67. The van der Waals surface area contributed by atoms with Crippen LogP contribution in [0.4, 0.5) is 0 Å². The summed E-state index contributed by atoms with van der Waals surface area (Å²) < 4.78 is 2.18. The Morgan fingerprint density at radius 2 is 1.87 bits per heavy atom. The molecule has 1 amide bonds. The van der Waals surface area contributed by atoms with Crippen LogP contribution in [0.5, 0.6) is 0 Å². The van der Waals surface area contributed by atoms with E-state index in [1.54, 1.807) is 7.05 Å². The molecule has 0 unspecified atom stereocenters. The Kier molecular flexibility index (Phi) is 5.52. The van der Waals surface area contributed by atoms with Gasteiger partial charge >= 0.3 is 0 Å². The van der Waals surface area contributed by atoms with Crippen LogP contribution in [-0.2, 0) is 11.8 Å². The summed E-state index contributed by atoms with van der Waals surface area (Å²) in [6.45, 7) is 9.93. The van der Waals surface area contributed by atoms with Gasteiger partial charge in [0, 0.05) is 19.1 Å². The molecular weight excluding hydrogens is 330 g/mol. The van der Waals surface area contributed by atoms with E-state index in [0.29, 0.717) is 15.4 Å². The van der Waals surface area contributed by atoms with Gasteiger partial charge in [0.15, 0.2) is 5.16 Å². The van der Waals surface area contributed by atoms with E-state index in [-0.39, 0.29) is 28.8 Å². The molecule has 0 saturated carbocycles. The Morgan fingerprint density at radius 3 is 2.43 bits per heavy atom. The second kappa shape index (κ2) is 7.05. The van der Waals surface area contributed by atoms with Crippen molar-refractivity contribution in [2.45, 2.75) is 57.1 Å². The molecule has 2 aromatic rings. The number of hydrogen-bond donors (Lipinski definition) is 0. The minimum absolute atomic E-state index is 0.0586. The van der Waals surface area contributed by atoms with E-state index in [2.05, 4.69) is 4.98 Å². The summed E-state index contributed by atoms with van der Waals surface area (Å²) in [5.41, 5.74) is 0.640. The predicted molar refractivity (Wildman–Crippen MR) is 97.3 cm³/mol. The fraction of sp³-hybridized carbons (Fsp3) is 0.562. The Balaban J connectivity index is 2.29. The van der Waals surface area contributed by atoms with Crippen molar-refractivity contribution in [3.05, 3.63) is 21.8 Å². The smallest absolute Gasteiger partial charge is 0.271 e. The van der Waals surface area contributed by atoms with Crippen LogP contribution >= 0.6 is 23.1 Å². The summed E-state index contributed by atoms with van der Waals surface area (Å²) >= 11 is 2.73. The van der Waals surface area contributed by atoms with Gasteiger partial charge in [-0.3, -0.25) is 14.2 Å². The van der Waals surface area contributed by atoms with Gasteiger partial charge < -0.3 is 4.90 Å². The van der Waals surface area contributed by atoms with Gasteiger partial charge in [-0.15, -0.1) is 11.3 Å². The molecule has 0 aromatic carbocycles. The van der Waals surface area contributed by atoms with E-state index in [4.69, 9.17) is 0 Å². The number of fused-ring (bicyclic) bond motifs is 1. The largest absolute Gasteiger partial charge is 0.337 e. The van der Waals surface area contributed by atoms with Crippen molar-refractivity contribution in [2.24, 2.45) is 7.05 Å². The average Bonchev–Trinajstić information content (AvgIpc) is 2.91. The first kappa shape index (κ1) is 18.0. The summed E-state index contributed by atoms with van der Waals surface area (Å²) in [4.78, 5) is 31.5. The number of amides is 1. The average molecular weight is 354 g/mol. The van der Waals surface area contributed by atoms with E-state index in [9.17, 15) is 9.59 Å². The summed E-state index contributed by atoms with van der Waals surface area (Å²) in [5, 5.41) is 2.14. The molecule has 0 aliphatic heterocycles. The summed E-state index contributed by atoms with van der Waals surface area (Å²) in [7, 11) is 1.71. The third-order valence-corrected chi connectivity index (χ3v) is 5.67. The summed E-state index contributed by atoms with van der Waals surface area (Å²) in [6, 6.07) is 2.12. The molecule has 0 radical (unpaired) electrons. The Bertz CT molecular complexity index is 756. The van der Waals surface area contributed by atoms with Gasteiger partial charge in [0.25, 0.3) is 5.56 Å². The minimum atomic E-state index is -0.297. The van der Waals surface area contributed by atoms with Crippen molar-refractivity contribution < 1.29 is 4.79 Å². The molecule has 0 fully saturated rings. The molecular formula is C16H23N3O2S2. The van der Waals surface area contributed by atoms with Gasteiger partial charge in [0.1, 0.15) is 4.70 Å². The van der Waals surface area contributed by atoms with Crippen LogP contribution in [0.2, 0.25) is 0 Å². The maximum atomic E-state index is 12.7. The van der Waals surface area contributed by atoms with Crippen molar-refractivity contribution in [3.63, 3.8) is 0 Å². The van der Waals surface area contributed by atoms with Crippen LogP contribution in [0.15, 0.2) is 21.4 Å². The first-order valence-corrected chi connectivity index (χ1v) is 9.43. The van der Waals surface area contributed by atoms with Gasteiger partial charge in [0.05, 0.1) is 10.8 Å². The fourth-order valence-corrected chi connectivity index (χ4v) is 4.33. The molecule has 0 bridgehead atoms. The topological polar surface area (TPSA) is 55.2 Å². The maximum absolute atomic E-state index is 12.7. The van der Waals surface area contributed by atoms with Gasteiger partial charge in [-0.05, 0) is 46.1 Å². The second-order valence-electron chi connectivity index (χ2n) is 6.09. The Labute approximate surface area is 144 Å². The van der Waals surface area contributed by atoms with Crippen LogP contribution in [0.25, 0.3) is 10.2 Å². The molecule has 2 aromatic heterocycles. The molecule has 0 spiro atoms. The first-order chi connectivity index (χ1) is 10.7. The molecule has 0 aliphatic rings. The quantitative estimate of drug-likeness (QED) is 0.612. The highest BCUT2D eigenvalue weighted by molar-refractivity contribution is 8.00. The molecule has 2 rings (SSSR count). The number of thioether (sulfide) groups is 1. The minimum Gasteiger partial charge on any atom is -0.337 e. The molecule has 0 saturated heterocycles. The van der Waals surface area contributed by atoms with Crippen LogP contribution in [0.3, 0.4) is 0 Å². The lowest BCUT2D eigenvalue weighted by Crippen LogP contribution is -2.45. The van der Waals surface area contributed by atoms with Crippen LogP contribution in [-0.4, -0.2) is 37.7 Å². The molecule has 5 nitrogen and oxygen atoms in total. The van der Waals surface area contributed by atoms with Gasteiger partial charge in [-0.25, -0.2) is 4.98 Å². The summed E-state index contributed by atoms with van der Waals surface area (Å²) in [6.07, 6.45) is 0. The molecule has 1 atom stereocenters. The zero-order chi connectivity index (χ0) is 17.3. The summed E-state index contributed by atoms with van der Waals surface area (Å²) in [5.74, 6) is 0.0691. The third kappa shape index (κ3) is 3.61. The van der Waals surface area contributed by atoms with E-state index < -0.39 is 0 Å². The van der Waals surface area contributed by atoms with Gasteiger partial charge in [-0.1, -0.05) is 11.8 Å². The second-order valence-corrected chi connectivity index (χ2v) is 8.31. The van der Waals surface area contributed by atoms with Crippen molar-refractivity contribution >= 4 is 39.2 Å². The van der Waals surface area contributed by atoms with Gasteiger partial charge in [0.2, 0.25) is 5.91 Å². The highest BCUT2D eigenvalue weighted by atomic mass is 32.2. The van der Waals surface area contributed by atoms with Crippen LogP contribution < -0.4 is 5.56 Å². The monoisotopic (exact) mass is 353 g/mol. The normalized spacial score (nSPS) is 13.0. The highest BCUT2D eigenvalue weighted by Crippen LogP contribution is 2.25. The molecule has 23 heavy (non-hydrogen) atoms. The van der Waals surface area contributed by atoms with Crippen LogP contribution in [0, 0.1) is 0 Å². The lowest BCUT2D eigenvalue weighted by molar-refractivity contribution is -0.133. The van der Waals surface area contributed by atoms with Crippen molar-refractivity contribution in [1.82, 2.24) is 14.5 Å². The highest BCUT2D eigenvalue weighted by Gasteiger charge is 2.27. The molecule has 126 valence electrons. The predicted octanol–water partition coefficient (Wildman–Crippen LogP) is 3.12. The third-order valence-electron chi connectivity index (χ3n) is 3.64. The number of hydrogen-bond acceptors (Lipinski definition) is 5. The zero-order valence-corrected chi connectivity index (χ0v) is 16.0. The molecule has 0 N–H and O–H groups in total. The molecule has 2 heterocycles. The van der Waals surface area contributed by atoms with Crippen molar-refractivity contribution in [1.29, 1.82) is 0 Å². The number of carbonyl (C=O) groups is 1. The SMILES string of the molecule is CC(C)N(C(=O)[C@@H](C)Sc1nc2ccsc2c(=O)n1C)C(C)C. The van der Waals surface area contributed by atoms with E-state index >= 15 is 0 Å². The van der Waals surface area contributed by atoms with Crippen LogP contribution in [0.1, 0.15) is 34.6 Å². The van der Waals surface area contributed by atoms with Crippen molar-refractivity contribution in [2.75, 3.05) is 0 Å².